The van der Waals surface area contributed by atoms with E-state index < -0.39 is 6.10 Å². The van der Waals surface area contributed by atoms with Gasteiger partial charge < -0.3 is 20.1 Å². The van der Waals surface area contributed by atoms with Crippen molar-refractivity contribution in [2.75, 3.05) is 36.5 Å². The molecule has 1 atom stereocenters. The highest BCUT2D eigenvalue weighted by molar-refractivity contribution is 5.49. The van der Waals surface area contributed by atoms with Crippen molar-refractivity contribution in [2.24, 2.45) is 0 Å². The number of benzene rings is 1. The Hall–Kier alpha value is -2.18. The third-order valence-corrected chi connectivity index (χ3v) is 5.50. The van der Waals surface area contributed by atoms with Crippen molar-refractivity contribution in [1.29, 1.82) is 0 Å². The lowest BCUT2D eigenvalue weighted by Crippen LogP contribution is -2.44. The topological polar surface area (TPSA) is 70.5 Å². The molecule has 1 spiro atoms. The summed E-state index contributed by atoms with van der Waals surface area (Å²) >= 11 is 0. The zero-order chi connectivity index (χ0) is 17.8. The normalized spacial score (nSPS) is 20.3. The van der Waals surface area contributed by atoms with E-state index in [-0.39, 0.29) is 5.60 Å². The summed E-state index contributed by atoms with van der Waals surface area (Å²) in [5.74, 6) is 1.67. The summed E-state index contributed by atoms with van der Waals surface area (Å²) in [6.07, 6.45) is 5.52. The molecule has 0 amide bonds. The summed E-state index contributed by atoms with van der Waals surface area (Å²) in [4.78, 5) is 11.0. The molecule has 2 N–H and O–H groups in total. The first kappa shape index (κ1) is 17.2. The fraction of sp³-hybridized carbons (Fsp3) is 0.500. The summed E-state index contributed by atoms with van der Waals surface area (Å²) < 4.78 is 6.00. The van der Waals surface area contributed by atoms with Gasteiger partial charge in [0.1, 0.15) is 18.0 Å². The van der Waals surface area contributed by atoms with Crippen LogP contribution in [0, 0.1) is 0 Å². The second-order valence-corrected chi connectivity index (χ2v) is 7.19. The van der Waals surface area contributed by atoms with E-state index in [0.717, 1.165) is 49.7 Å². The highest BCUT2D eigenvalue weighted by atomic mass is 16.5. The van der Waals surface area contributed by atoms with Crippen LogP contribution in [0.4, 0.5) is 11.6 Å². The van der Waals surface area contributed by atoms with Crippen molar-refractivity contribution in [1.82, 2.24) is 9.97 Å². The maximum absolute atomic E-state index is 10.3. The number of nitrogens with zero attached hydrogens (tertiary/aromatic N) is 3. The van der Waals surface area contributed by atoms with Crippen molar-refractivity contribution in [3.05, 3.63) is 48.3 Å². The van der Waals surface area contributed by atoms with Crippen LogP contribution < -0.4 is 10.2 Å². The number of ether oxygens (including phenoxy) is 1. The van der Waals surface area contributed by atoms with E-state index in [0.29, 0.717) is 6.54 Å². The van der Waals surface area contributed by atoms with Crippen LogP contribution in [0.5, 0.6) is 0 Å². The lowest BCUT2D eigenvalue weighted by atomic mass is 9.89. The molecule has 2 saturated heterocycles. The zero-order valence-corrected chi connectivity index (χ0v) is 15.0. The molecule has 1 aromatic heterocycles. The minimum atomic E-state index is -0.566. The SMILES string of the molecule is OC(CNc1cc(N2CCC3(CCCO3)CC2)ncn1)c1ccccc1. The van der Waals surface area contributed by atoms with Crippen molar-refractivity contribution in [2.45, 2.75) is 37.4 Å². The molecule has 138 valence electrons. The fourth-order valence-electron chi connectivity index (χ4n) is 3.90. The monoisotopic (exact) mass is 354 g/mol. The van der Waals surface area contributed by atoms with Gasteiger partial charge in [-0.1, -0.05) is 30.3 Å². The Labute approximate surface area is 154 Å². The first-order valence-electron chi connectivity index (χ1n) is 9.42. The Bertz CT molecular complexity index is 709. The molecule has 0 radical (unpaired) electrons. The zero-order valence-electron chi connectivity index (χ0n) is 15.0. The highest BCUT2D eigenvalue weighted by Gasteiger charge is 2.38. The number of anilines is 2. The molecule has 1 unspecified atom stereocenters. The van der Waals surface area contributed by atoms with Gasteiger partial charge in [-0.25, -0.2) is 9.97 Å². The van der Waals surface area contributed by atoms with Crippen molar-refractivity contribution in [3.8, 4) is 0 Å². The number of hydrogen-bond acceptors (Lipinski definition) is 6. The maximum Gasteiger partial charge on any atom is 0.134 e. The molecule has 4 rings (SSSR count). The fourth-order valence-corrected chi connectivity index (χ4v) is 3.90. The summed E-state index contributed by atoms with van der Waals surface area (Å²) in [5, 5.41) is 13.5. The summed E-state index contributed by atoms with van der Waals surface area (Å²) in [5.41, 5.74) is 1.01. The second kappa shape index (κ2) is 7.60. The summed E-state index contributed by atoms with van der Waals surface area (Å²) in [7, 11) is 0. The largest absolute Gasteiger partial charge is 0.387 e. The third-order valence-electron chi connectivity index (χ3n) is 5.50. The maximum atomic E-state index is 10.3. The van der Waals surface area contributed by atoms with Gasteiger partial charge in [0, 0.05) is 32.3 Å². The molecule has 2 fully saturated rings. The van der Waals surface area contributed by atoms with Crippen LogP contribution in [0.15, 0.2) is 42.7 Å². The lowest BCUT2D eigenvalue weighted by Gasteiger charge is -2.39. The van der Waals surface area contributed by atoms with E-state index in [1.54, 1.807) is 6.33 Å². The Kier molecular flexibility index (Phi) is 5.04. The Morgan fingerprint density at radius 2 is 1.96 bits per heavy atom. The van der Waals surface area contributed by atoms with Crippen molar-refractivity contribution in [3.63, 3.8) is 0 Å². The van der Waals surface area contributed by atoms with Crippen LogP contribution in [0.1, 0.15) is 37.4 Å². The lowest BCUT2D eigenvalue weighted by molar-refractivity contribution is -0.0147. The van der Waals surface area contributed by atoms with E-state index in [1.807, 2.05) is 36.4 Å². The van der Waals surface area contributed by atoms with Gasteiger partial charge in [0.05, 0.1) is 11.7 Å². The summed E-state index contributed by atoms with van der Waals surface area (Å²) in [6.45, 7) is 3.24. The van der Waals surface area contributed by atoms with Crippen molar-refractivity contribution >= 4 is 11.6 Å². The van der Waals surface area contributed by atoms with Gasteiger partial charge in [-0.3, -0.25) is 0 Å². The van der Waals surface area contributed by atoms with Gasteiger partial charge >= 0.3 is 0 Å². The molecule has 0 aliphatic carbocycles. The first-order chi connectivity index (χ1) is 12.7. The first-order valence-corrected chi connectivity index (χ1v) is 9.42. The number of aliphatic hydroxyl groups excluding tert-OH is 1. The molecule has 26 heavy (non-hydrogen) atoms. The predicted octanol–water partition coefficient (Wildman–Crippen LogP) is 2.77. The number of aromatic nitrogens is 2. The minimum absolute atomic E-state index is 0.115. The number of aliphatic hydroxyl groups is 1. The van der Waals surface area contributed by atoms with Gasteiger partial charge in [0.25, 0.3) is 0 Å². The molecule has 0 bridgehead atoms. The van der Waals surface area contributed by atoms with Crippen LogP contribution in [0.25, 0.3) is 0 Å². The smallest absolute Gasteiger partial charge is 0.134 e. The molecule has 6 nitrogen and oxygen atoms in total. The number of nitrogens with one attached hydrogen (secondary N) is 1. The molecular weight excluding hydrogens is 328 g/mol. The van der Waals surface area contributed by atoms with E-state index >= 15 is 0 Å². The predicted molar refractivity (Wildman–Crippen MR) is 101 cm³/mol. The van der Waals surface area contributed by atoms with Gasteiger partial charge in [-0.05, 0) is 31.2 Å². The molecular formula is C20H26N4O2. The Balaban J connectivity index is 1.35. The van der Waals surface area contributed by atoms with Gasteiger partial charge in [-0.2, -0.15) is 0 Å². The average molecular weight is 354 g/mol. The van der Waals surface area contributed by atoms with E-state index in [4.69, 9.17) is 4.74 Å². The average Bonchev–Trinajstić information content (AvgIpc) is 3.15. The minimum Gasteiger partial charge on any atom is -0.387 e. The number of hydrogen-bond donors (Lipinski definition) is 2. The van der Waals surface area contributed by atoms with Crippen LogP contribution in [0.3, 0.4) is 0 Å². The van der Waals surface area contributed by atoms with Gasteiger partial charge in [0.15, 0.2) is 0 Å². The van der Waals surface area contributed by atoms with Gasteiger partial charge in [0.2, 0.25) is 0 Å². The van der Waals surface area contributed by atoms with E-state index in [9.17, 15) is 5.11 Å². The molecule has 2 aliphatic rings. The Morgan fingerprint density at radius 3 is 2.69 bits per heavy atom. The van der Waals surface area contributed by atoms with Gasteiger partial charge in [-0.15, -0.1) is 0 Å². The molecule has 2 aliphatic heterocycles. The number of piperidine rings is 1. The van der Waals surface area contributed by atoms with Crippen LogP contribution in [0.2, 0.25) is 0 Å². The van der Waals surface area contributed by atoms with E-state index in [1.165, 1.54) is 12.8 Å². The van der Waals surface area contributed by atoms with Crippen LogP contribution >= 0.6 is 0 Å². The quantitative estimate of drug-likeness (QED) is 0.860. The standard InChI is InChI=1S/C20H26N4O2/c25-17(16-5-2-1-3-6-16)14-21-18-13-19(23-15-22-18)24-10-8-20(9-11-24)7-4-12-26-20/h1-3,5-6,13,15,17,25H,4,7-12,14H2,(H,21,22,23). The van der Waals surface area contributed by atoms with E-state index in [2.05, 4.69) is 20.2 Å². The Morgan fingerprint density at radius 1 is 1.15 bits per heavy atom. The van der Waals surface area contributed by atoms with Crippen molar-refractivity contribution < 1.29 is 9.84 Å². The highest BCUT2D eigenvalue weighted by Crippen LogP contribution is 2.36. The molecule has 2 aromatic rings. The molecule has 6 heteroatoms. The molecule has 0 saturated carbocycles. The molecule has 3 heterocycles. The summed E-state index contributed by atoms with van der Waals surface area (Å²) in [6, 6.07) is 11.6. The van der Waals surface area contributed by atoms with Crippen LogP contribution in [-0.4, -0.2) is 46.9 Å². The van der Waals surface area contributed by atoms with Crippen LogP contribution in [-0.2, 0) is 4.74 Å². The molecule has 1 aromatic carbocycles. The number of rotatable bonds is 5. The third kappa shape index (κ3) is 3.81. The second-order valence-electron chi connectivity index (χ2n) is 7.19.